The first-order valence-corrected chi connectivity index (χ1v) is 7.96. The average Bonchev–Trinajstić information content (AvgIpc) is 2.45. The van der Waals surface area contributed by atoms with E-state index in [9.17, 15) is 18.4 Å². The van der Waals surface area contributed by atoms with E-state index >= 15 is 0 Å². The first-order chi connectivity index (χ1) is 10.8. The number of likely N-dealkylation sites (tertiary alicyclic amines) is 1. The second-order valence-corrected chi connectivity index (χ2v) is 6.70. The third-order valence-corrected chi connectivity index (χ3v) is 4.28. The van der Waals surface area contributed by atoms with Gasteiger partial charge in [0.1, 0.15) is 11.6 Å². The third kappa shape index (κ3) is 4.40. The fraction of sp³-hybridized carbons (Fsp3) is 0.467. The molecule has 1 heterocycles. The van der Waals surface area contributed by atoms with Gasteiger partial charge in [0, 0.05) is 23.1 Å². The number of nitrogens with zero attached hydrogens (tertiary/aromatic N) is 1. The van der Waals surface area contributed by atoms with Crippen LogP contribution < -0.4 is 5.32 Å². The van der Waals surface area contributed by atoms with Gasteiger partial charge in [-0.3, -0.25) is 4.79 Å². The summed E-state index contributed by atoms with van der Waals surface area (Å²) in [6.07, 6.45) is 0.509. The number of urea groups is 1. The Bertz CT molecular complexity index is 604. The van der Waals surface area contributed by atoms with Gasteiger partial charge in [-0.25, -0.2) is 13.6 Å². The minimum atomic E-state index is -0.945. The quantitative estimate of drug-likeness (QED) is 0.833. The molecule has 8 heteroatoms. The maximum Gasteiger partial charge on any atom is 0.317 e. The highest BCUT2D eigenvalue weighted by atomic mass is 79.9. The molecule has 1 aromatic rings. The van der Waals surface area contributed by atoms with E-state index < -0.39 is 29.6 Å². The van der Waals surface area contributed by atoms with E-state index in [1.54, 1.807) is 0 Å². The summed E-state index contributed by atoms with van der Waals surface area (Å²) in [5, 5.41) is 11.5. The van der Waals surface area contributed by atoms with Gasteiger partial charge in [-0.05, 0) is 24.5 Å². The topological polar surface area (TPSA) is 69.6 Å². The van der Waals surface area contributed by atoms with Gasteiger partial charge in [0.2, 0.25) is 0 Å². The fourth-order valence-corrected chi connectivity index (χ4v) is 3.12. The Morgan fingerprint density at radius 2 is 1.96 bits per heavy atom. The molecule has 1 aromatic carbocycles. The Hall–Kier alpha value is -1.70. The molecule has 2 unspecified atom stereocenters. The second kappa shape index (κ2) is 7.25. The van der Waals surface area contributed by atoms with Crippen molar-refractivity contribution in [2.24, 2.45) is 11.8 Å². The number of hydrogen-bond acceptors (Lipinski definition) is 2. The summed E-state index contributed by atoms with van der Waals surface area (Å²) >= 11 is 2.99. The number of amides is 2. The number of carboxylic acids is 1. The number of nitrogens with one attached hydrogen (secondary N) is 1. The predicted octanol–water partition coefficient (Wildman–Crippen LogP) is 2.98. The zero-order chi connectivity index (χ0) is 17.1. The van der Waals surface area contributed by atoms with Gasteiger partial charge in [-0.15, -0.1) is 0 Å². The summed E-state index contributed by atoms with van der Waals surface area (Å²) in [6, 6.07) is 1.71. The van der Waals surface area contributed by atoms with E-state index in [-0.39, 0.29) is 29.0 Å². The molecule has 0 bridgehead atoms. The average molecular weight is 391 g/mol. The van der Waals surface area contributed by atoms with Crippen LogP contribution in [0.25, 0.3) is 0 Å². The predicted molar refractivity (Wildman–Crippen MR) is 82.8 cm³/mol. The summed E-state index contributed by atoms with van der Waals surface area (Å²) in [6.45, 7) is 2.08. The number of aliphatic carboxylic acids is 1. The molecule has 2 rings (SSSR count). The van der Waals surface area contributed by atoms with E-state index in [1.807, 2.05) is 6.92 Å². The van der Waals surface area contributed by atoms with E-state index in [4.69, 9.17) is 5.11 Å². The number of carbonyl (C=O) groups is 2. The van der Waals surface area contributed by atoms with Crippen LogP contribution in [-0.4, -0.2) is 35.1 Å². The fourth-order valence-electron chi connectivity index (χ4n) is 2.71. The van der Waals surface area contributed by atoms with Crippen molar-refractivity contribution >= 4 is 27.9 Å². The standard InChI is InChI=1S/C15H17BrF2N2O3/c1-8-2-9(14(21)22)7-20(6-8)15(23)19-5-11-12(17)3-10(16)4-13(11)18/h3-4,8-9H,2,5-7H2,1H3,(H,19,23)(H,21,22). The van der Waals surface area contributed by atoms with Crippen molar-refractivity contribution in [1.29, 1.82) is 0 Å². The van der Waals surface area contributed by atoms with Crippen molar-refractivity contribution in [3.05, 3.63) is 33.8 Å². The van der Waals surface area contributed by atoms with Crippen LogP contribution in [0.1, 0.15) is 18.9 Å². The van der Waals surface area contributed by atoms with Crippen LogP contribution in [0.4, 0.5) is 13.6 Å². The number of carbonyl (C=O) groups excluding carboxylic acids is 1. The molecule has 126 valence electrons. The van der Waals surface area contributed by atoms with Crippen LogP contribution in [0.15, 0.2) is 16.6 Å². The lowest BCUT2D eigenvalue weighted by Gasteiger charge is -2.34. The van der Waals surface area contributed by atoms with Crippen LogP contribution in [-0.2, 0) is 11.3 Å². The smallest absolute Gasteiger partial charge is 0.317 e. The monoisotopic (exact) mass is 390 g/mol. The number of hydrogen-bond donors (Lipinski definition) is 2. The molecular weight excluding hydrogens is 374 g/mol. The SMILES string of the molecule is CC1CC(C(=O)O)CN(C(=O)NCc2c(F)cc(Br)cc2F)C1. The van der Waals surface area contributed by atoms with Crippen molar-refractivity contribution in [2.75, 3.05) is 13.1 Å². The van der Waals surface area contributed by atoms with Crippen LogP contribution in [0.2, 0.25) is 0 Å². The highest BCUT2D eigenvalue weighted by molar-refractivity contribution is 9.10. The Balaban J connectivity index is 2.01. The van der Waals surface area contributed by atoms with Crippen molar-refractivity contribution in [1.82, 2.24) is 10.2 Å². The molecule has 2 atom stereocenters. The normalized spacial score (nSPS) is 21.1. The molecule has 23 heavy (non-hydrogen) atoms. The summed E-state index contributed by atoms with van der Waals surface area (Å²) in [4.78, 5) is 24.6. The van der Waals surface area contributed by atoms with Crippen LogP contribution in [0, 0.1) is 23.5 Å². The molecule has 2 amide bonds. The van der Waals surface area contributed by atoms with E-state index in [0.29, 0.717) is 13.0 Å². The van der Waals surface area contributed by atoms with Gasteiger partial charge in [0.25, 0.3) is 0 Å². The van der Waals surface area contributed by atoms with Gasteiger partial charge in [0.05, 0.1) is 12.5 Å². The number of rotatable bonds is 3. The summed E-state index contributed by atoms with van der Waals surface area (Å²) in [5.74, 6) is -3.03. The first-order valence-electron chi connectivity index (χ1n) is 7.17. The minimum Gasteiger partial charge on any atom is -0.481 e. The van der Waals surface area contributed by atoms with Gasteiger partial charge < -0.3 is 15.3 Å². The highest BCUT2D eigenvalue weighted by Crippen LogP contribution is 2.22. The first kappa shape index (κ1) is 17.7. The summed E-state index contributed by atoms with van der Waals surface area (Å²) < 4.78 is 27.7. The maximum atomic E-state index is 13.7. The van der Waals surface area contributed by atoms with Crippen LogP contribution >= 0.6 is 15.9 Å². The number of benzene rings is 1. The largest absolute Gasteiger partial charge is 0.481 e. The van der Waals surface area contributed by atoms with E-state index in [2.05, 4.69) is 21.2 Å². The van der Waals surface area contributed by atoms with Gasteiger partial charge >= 0.3 is 12.0 Å². The van der Waals surface area contributed by atoms with Crippen molar-refractivity contribution in [2.45, 2.75) is 19.9 Å². The number of halogens is 3. The molecule has 0 radical (unpaired) electrons. The minimum absolute atomic E-state index is 0.0525. The zero-order valence-electron chi connectivity index (χ0n) is 12.5. The zero-order valence-corrected chi connectivity index (χ0v) is 14.1. The molecule has 1 saturated heterocycles. The van der Waals surface area contributed by atoms with Gasteiger partial charge in [-0.2, -0.15) is 0 Å². The Labute approximate surface area is 140 Å². The molecule has 0 spiro atoms. The van der Waals surface area contributed by atoms with Gasteiger partial charge in [0.15, 0.2) is 0 Å². The molecule has 0 aromatic heterocycles. The van der Waals surface area contributed by atoms with E-state index in [0.717, 1.165) is 12.1 Å². The Morgan fingerprint density at radius 1 is 1.35 bits per heavy atom. The van der Waals surface area contributed by atoms with Gasteiger partial charge in [-0.1, -0.05) is 22.9 Å². The highest BCUT2D eigenvalue weighted by Gasteiger charge is 2.31. The van der Waals surface area contributed by atoms with Crippen LogP contribution in [0.3, 0.4) is 0 Å². The summed E-state index contributed by atoms with van der Waals surface area (Å²) in [7, 11) is 0. The van der Waals surface area contributed by atoms with Crippen molar-refractivity contribution < 1.29 is 23.5 Å². The van der Waals surface area contributed by atoms with Crippen molar-refractivity contribution in [3.63, 3.8) is 0 Å². The summed E-state index contributed by atoms with van der Waals surface area (Å²) in [5.41, 5.74) is -0.235. The molecule has 0 saturated carbocycles. The lowest BCUT2D eigenvalue weighted by atomic mass is 9.91. The lowest BCUT2D eigenvalue weighted by molar-refractivity contribution is -0.143. The lowest BCUT2D eigenvalue weighted by Crippen LogP contribution is -2.49. The Morgan fingerprint density at radius 3 is 2.52 bits per heavy atom. The molecule has 1 aliphatic rings. The van der Waals surface area contributed by atoms with E-state index in [1.165, 1.54) is 4.90 Å². The second-order valence-electron chi connectivity index (χ2n) is 5.79. The molecule has 2 N–H and O–H groups in total. The Kier molecular flexibility index (Phi) is 5.56. The van der Waals surface area contributed by atoms with Crippen LogP contribution in [0.5, 0.6) is 0 Å². The van der Waals surface area contributed by atoms with Crippen molar-refractivity contribution in [3.8, 4) is 0 Å². The molecular formula is C15H17BrF2N2O3. The number of piperidine rings is 1. The number of carboxylic acid groups (broad SMARTS) is 1. The molecule has 5 nitrogen and oxygen atoms in total. The molecule has 1 fully saturated rings. The maximum absolute atomic E-state index is 13.7. The molecule has 0 aliphatic carbocycles. The molecule has 1 aliphatic heterocycles. The third-order valence-electron chi connectivity index (χ3n) is 3.82.